The van der Waals surface area contributed by atoms with Crippen LogP contribution in [0, 0.1) is 0 Å². The molecule has 1 atom stereocenters. The highest BCUT2D eigenvalue weighted by Crippen LogP contribution is 2.32. The van der Waals surface area contributed by atoms with E-state index in [0.717, 1.165) is 14.2 Å². The second-order valence-electron chi connectivity index (χ2n) is 4.54. The van der Waals surface area contributed by atoms with Gasteiger partial charge in [0.05, 0.1) is 25.5 Å². The Morgan fingerprint density at radius 2 is 0.933 bits per heavy atom. The molecule has 0 aliphatic carbocycles. The van der Waals surface area contributed by atoms with Crippen LogP contribution in [0.2, 0.25) is 0 Å². The van der Waals surface area contributed by atoms with Crippen LogP contribution in [0.25, 0.3) is 0 Å². The fourth-order valence-electron chi connectivity index (χ4n) is 0.959. The Balaban J connectivity index is -0.0000000125. The third kappa shape index (κ3) is 199. The van der Waals surface area contributed by atoms with Crippen molar-refractivity contribution in [3.63, 3.8) is 0 Å². The van der Waals surface area contributed by atoms with Crippen molar-refractivity contribution in [1.82, 2.24) is 10.6 Å². The standard InChI is InChI=1S/C5H10NO7P.C3H8NO5P.2CH2O2.2CO2.2CH4O.5H2O/c7-4(8)1-3(5(9)10)6-2-14(11,12)13;5-3(6)1-4-2-10(7,8)9;4*2-1-3;2*1-2;;;;;/h3,6H,1-2H2,(H,7,8)(H,9,10)(H2,11,12,13);4H,1-2H2,(H,5,6)(H2,7,8,9);2*1H,(H,2,3);;;2*2H,1H3;5*1H2/p+8. The lowest BCUT2D eigenvalue weighted by atomic mass is 10.2. The summed E-state index contributed by atoms with van der Waals surface area (Å²) in [5.74, 6) is -3.98. The van der Waals surface area contributed by atoms with Gasteiger partial charge in [0.1, 0.15) is 6.04 Å². The Bertz CT molecular complexity index is 799. The number of carboxylic acid groups (broad SMARTS) is 5. The number of rotatable bonds is 10. The van der Waals surface area contributed by atoms with Gasteiger partial charge in [0.15, 0.2) is 0 Å². The zero-order valence-electron chi connectivity index (χ0n) is 30.9. The quantitative estimate of drug-likeness (QED) is 0.0731. The van der Waals surface area contributed by atoms with Gasteiger partial charge < -0.3 is 82.7 Å². The Morgan fingerprint density at radius 1 is 0.689 bits per heavy atom. The van der Waals surface area contributed by atoms with Crippen LogP contribution >= 0.6 is 15.2 Å². The predicted octanol–water partition coefficient (Wildman–Crippen LogP) is -8.34. The maximum Gasteiger partial charge on any atom is 1.00 e. The third-order valence-electron chi connectivity index (χ3n) is 1.81. The largest absolute Gasteiger partial charge is 1.00 e. The van der Waals surface area contributed by atoms with Crippen LogP contribution < -0.4 is 10.6 Å². The molecule has 0 spiro atoms. The molecule has 0 rings (SSSR count). The summed E-state index contributed by atoms with van der Waals surface area (Å²) in [4.78, 5) is 113. The van der Waals surface area contributed by atoms with Crippen LogP contribution in [0.3, 0.4) is 0 Å². The summed E-state index contributed by atoms with van der Waals surface area (Å²) in [7, 11) is -6.47. The van der Waals surface area contributed by atoms with Gasteiger partial charge in [-0.25, -0.2) is 0 Å². The van der Waals surface area contributed by atoms with E-state index in [1.54, 1.807) is 0 Å². The molecule has 1 unspecified atom stereocenters. The highest BCUT2D eigenvalue weighted by Gasteiger charge is 2.23. The van der Waals surface area contributed by atoms with Crippen molar-refractivity contribution in [1.29, 1.82) is 0 Å². The highest BCUT2D eigenvalue weighted by atomic mass is 31.2. The zero-order valence-corrected chi connectivity index (χ0v) is 24.7. The molecule has 0 bridgehead atoms. The maximum atomic E-state index is 10.4. The summed E-state index contributed by atoms with van der Waals surface area (Å²) in [6, 6.07) is -1.50. The van der Waals surface area contributed by atoms with Gasteiger partial charge in [-0.3, -0.25) is 43.7 Å². The van der Waals surface area contributed by atoms with E-state index in [1.165, 1.54) is 0 Å². The van der Waals surface area contributed by atoms with E-state index in [-0.39, 0.29) is 64.0 Å². The fraction of sp³-hybridized carbons (Fsp3) is 0.500. The Labute approximate surface area is 262 Å². The first-order valence-corrected chi connectivity index (χ1v) is 12.1. The van der Waals surface area contributed by atoms with E-state index < -0.39 is 64.7 Å². The SMILES string of the molecule is CO.CO.O.O.O.O.O.O=C(O)CC(NCP(=O)(O)O)C(=O)O.O=C(O)CNCP(=O)(O)O.O=C=O.O=C=O.O=CO.O=CO.[H+].[H+].[H+].[H+].[H+].[H+].[H+].[H+]. The zero-order chi connectivity index (χ0) is 34.4. The molecular formula is C14H48N2O27P2+8. The van der Waals surface area contributed by atoms with E-state index in [9.17, 15) is 23.5 Å². The molecular weight excluding hydrogens is 690 g/mol. The minimum atomic E-state index is -4.37. The molecule has 29 nitrogen and oxygen atoms in total. The van der Waals surface area contributed by atoms with Gasteiger partial charge in [-0.2, -0.15) is 19.2 Å². The first-order chi connectivity index (χ1) is 18.3. The molecule has 0 aliphatic rings. The fourth-order valence-corrected chi connectivity index (χ4v) is 1.82. The summed E-state index contributed by atoms with van der Waals surface area (Å²) in [5, 5.41) is 56.5. The Kier molecular flexibility index (Phi) is 126. The van der Waals surface area contributed by atoms with Crippen molar-refractivity contribution in [3.05, 3.63) is 0 Å². The van der Waals surface area contributed by atoms with Crippen molar-refractivity contribution in [2.45, 2.75) is 12.5 Å². The summed E-state index contributed by atoms with van der Waals surface area (Å²) < 4.78 is 20.4. The number of carboxylic acids is 3. The molecule has 0 saturated heterocycles. The van der Waals surface area contributed by atoms with Gasteiger partial charge in [0, 0.05) is 14.2 Å². The average Bonchev–Trinajstić information content (AvgIpc) is 2.80. The lowest BCUT2D eigenvalue weighted by Gasteiger charge is -2.12. The Morgan fingerprint density at radius 3 is 1.09 bits per heavy atom. The minimum Gasteiger partial charge on any atom is -0.483 e. The number of aliphatic carboxylic acids is 3. The molecule has 23 N–H and O–H groups in total. The van der Waals surface area contributed by atoms with E-state index in [0.29, 0.717) is 0 Å². The number of hydrogen-bond donors (Lipinski definition) is 13. The third-order valence-corrected chi connectivity index (χ3v) is 3.04. The van der Waals surface area contributed by atoms with Gasteiger partial charge >= 0.3 is 56.8 Å². The molecule has 278 valence electrons. The summed E-state index contributed by atoms with van der Waals surface area (Å²) in [6.07, 6.45) is -1.70. The smallest absolute Gasteiger partial charge is 0.483 e. The number of aliphatic hydroxyl groups excluding tert-OH is 2. The monoisotopic (exact) mass is 738 g/mol. The van der Waals surface area contributed by atoms with Crippen LogP contribution in [-0.4, -0.2) is 165 Å². The van der Waals surface area contributed by atoms with Gasteiger partial charge in [0.2, 0.25) is 0 Å². The number of hydrogen-bond acceptors (Lipinski definition) is 15. The normalized spacial score (nSPS) is 7.91. The number of nitrogens with one attached hydrogen (secondary N) is 2. The lowest BCUT2D eigenvalue weighted by Crippen LogP contribution is -2.38. The van der Waals surface area contributed by atoms with Crippen LogP contribution in [0.1, 0.15) is 17.8 Å². The van der Waals surface area contributed by atoms with Crippen LogP contribution in [0.5, 0.6) is 0 Å². The topological polar surface area (TPSA) is 592 Å². The molecule has 45 heavy (non-hydrogen) atoms. The van der Waals surface area contributed by atoms with Gasteiger partial charge in [0.25, 0.3) is 12.9 Å². The predicted molar refractivity (Wildman–Crippen MR) is 147 cm³/mol. The average molecular weight is 738 g/mol. The molecule has 0 aromatic heterocycles. The molecule has 0 heterocycles. The summed E-state index contributed by atoms with van der Waals surface area (Å²) in [6.45, 7) is -0.939. The molecule has 0 fully saturated rings. The Hall–Kier alpha value is -3.95. The van der Waals surface area contributed by atoms with Crippen molar-refractivity contribution < 1.29 is 146 Å². The lowest BCUT2D eigenvalue weighted by molar-refractivity contribution is -0.193. The first-order valence-electron chi connectivity index (χ1n) is 8.53. The molecule has 0 aromatic carbocycles. The molecule has 0 saturated carbocycles. The van der Waals surface area contributed by atoms with E-state index >= 15 is 0 Å². The second kappa shape index (κ2) is 67.6. The van der Waals surface area contributed by atoms with E-state index in [4.69, 9.17) is 84.1 Å². The molecule has 31 heteroatoms. The highest BCUT2D eigenvalue weighted by molar-refractivity contribution is 7.51. The second-order valence-corrected chi connectivity index (χ2v) is 7.83. The molecule has 0 radical (unpaired) electrons. The van der Waals surface area contributed by atoms with Crippen molar-refractivity contribution >= 4 is 58.3 Å². The van der Waals surface area contributed by atoms with Gasteiger partial charge in [-0.1, -0.05) is 0 Å². The molecule has 0 aromatic rings. The van der Waals surface area contributed by atoms with E-state index in [1.807, 2.05) is 5.32 Å². The molecule has 0 aliphatic heterocycles. The van der Waals surface area contributed by atoms with Gasteiger partial charge in [-0.05, 0) is 0 Å². The van der Waals surface area contributed by atoms with Gasteiger partial charge in [-0.15, -0.1) is 0 Å². The van der Waals surface area contributed by atoms with Crippen LogP contribution in [0.4, 0.5) is 0 Å². The minimum absolute atomic E-state index is 0. The van der Waals surface area contributed by atoms with E-state index in [2.05, 4.69) is 5.32 Å². The number of carbonyl (C=O) groups is 5. The first kappa shape index (κ1) is 83.7. The van der Waals surface area contributed by atoms with Crippen LogP contribution in [-0.2, 0) is 52.3 Å². The maximum absolute atomic E-state index is 10.4. The van der Waals surface area contributed by atoms with Crippen molar-refractivity contribution in [2.75, 3.05) is 33.3 Å². The summed E-state index contributed by atoms with van der Waals surface area (Å²) >= 11 is 0. The number of carbonyl (C=O) groups excluding carboxylic acids is 4. The van der Waals surface area contributed by atoms with Crippen molar-refractivity contribution in [3.8, 4) is 0 Å². The van der Waals surface area contributed by atoms with Crippen LogP contribution in [0.15, 0.2) is 0 Å². The van der Waals surface area contributed by atoms with Crippen molar-refractivity contribution in [2.24, 2.45) is 0 Å². The molecule has 0 amide bonds. The summed E-state index contributed by atoms with van der Waals surface area (Å²) in [5.41, 5.74) is 0. The number of aliphatic hydroxyl groups is 2.